The number of hydrogen-bond donors (Lipinski definition) is 2. The molecule has 0 spiro atoms. The number of imide groups is 1. The molecule has 2 aromatic carbocycles. The molecule has 37 heavy (non-hydrogen) atoms. The lowest BCUT2D eigenvalue weighted by Crippen LogP contribution is -2.46. The van der Waals surface area contributed by atoms with Crippen LogP contribution in [0.25, 0.3) is 5.57 Å². The SMILES string of the molecule is COc1ccccc1N1CCN(CCCCN2C(=O)C=C(c3ccccc3)C2=O)CC1.O=C(O)C(=O)O. The Balaban J connectivity index is 0.000000568. The van der Waals surface area contributed by atoms with Crippen molar-refractivity contribution in [2.75, 3.05) is 51.3 Å². The zero-order valence-electron chi connectivity index (χ0n) is 20.7. The third-order valence-corrected chi connectivity index (χ3v) is 6.18. The summed E-state index contributed by atoms with van der Waals surface area (Å²) >= 11 is 0. The molecule has 0 radical (unpaired) electrons. The number of hydrogen-bond acceptors (Lipinski definition) is 7. The Morgan fingerprint density at radius 3 is 2.05 bits per heavy atom. The zero-order valence-corrected chi connectivity index (χ0v) is 20.7. The van der Waals surface area contributed by atoms with E-state index in [1.165, 1.54) is 11.0 Å². The fourth-order valence-electron chi connectivity index (χ4n) is 4.25. The Bertz CT molecular complexity index is 1130. The van der Waals surface area contributed by atoms with Gasteiger partial charge in [0.2, 0.25) is 0 Å². The largest absolute Gasteiger partial charge is 0.495 e. The number of aliphatic carboxylic acids is 2. The summed E-state index contributed by atoms with van der Waals surface area (Å²) in [4.78, 5) is 49.3. The first-order valence-electron chi connectivity index (χ1n) is 12.0. The molecule has 10 heteroatoms. The van der Waals surface area contributed by atoms with Gasteiger partial charge in [-0.05, 0) is 37.1 Å². The molecule has 0 saturated carbocycles. The van der Waals surface area contributed by atoms with Crippen LogP contribution in [0.3, 0.4) is 0 Å². The van der Waals surface area contributed by atoms with E-state index in [-0.39, 0.29) is 11.8 Å². The molecule has 0 aromatic heterocycles. The van der Waals surface area contributed by atoms with E-state index in [0.717, 1.165) is 62.6 Å². The van der Waals surface area contributed by atoms with E-state index in [0.29, 0.717) is 12.1 Å². The van der Waals surface area contributed by atoms with Gasteiger partial charge >= 0.3 is 11.9 Å². The van der Waals surface area contributed by atoms with Crippen LogP contribution >= 0.6 is 0 Å². The number of anilines is 1. The van der Waals surface area contributed by atoms with Crippen LogP contribution in [-0.2, 0) is 19.2 Å². The Morgan fingerprint density at radius 2 is 1.43 bits per heavy atom. The number of benzene rings is 2. The molecular formula is C27H31N3O7. The lowest BCUT2D eigenvalue weighted by atomic mass is 10.1. The first-order chi connectivity index (χ1) is 17.8. The topological polar surface area (TPSA) is 128 Å². The molecule has 2 aromatic rings. The van der Waals surface area contributed by atoms with Crippen LogP contribution in [0.1, 0.15) is 18.4 Å². The first-order valence-corrected chi connectivity index (χ1v) is 12.0. The quantitative estimate of drug-likeness (QED) is 0.313. The minimum Gasteiger partial charge on any atom is -0.495 e. The van der Waals surface area contributed by atoms with Crippen molar-refractivity contribution in [1.82, 2.24) is 9.80 Å². The van der Waals surface area contributed by atoms with Gasteiger partial charge in [0.15, 0.2) is 0 Å². The fraction of sp³-hybridized carbons (Fsp3) is 0.333. The number of nitrogens with zero attached hydrogens (tertiary/aromatic N) is 3. The minimum atomic E-state index is -1.82. The second kappa shape index (κ2) is 13.2. The van der Waals surface area contributed by atoms with Gasteiger partial charge in [0.05, 0.1) is 18.4 Å². The Labute approximate surface area is 215 Å². The molecule has 0 bridgehead atoms. The van der Waals surface area contributed by atoms with Crippen LogP contribution in [0, 0.1) is 0 Å². The molecule has 1 saturated heterocycles. The van der Waals surface area contributed by atoms with Crippen LogP contribution in [-0.4, -0.2) is 90.1 Å². The number of methoxy groups -OCH3 is 1. The van der Waals surface area contributed by atoms with Gasteiger partial charge in [0, 0.05) is 38.8 Å². The molecule has 10 nitrogen and oxygen atoms in total. The Kier molecular flexibility index (Phi) is 9.79. The molecule has 196 valence electrons. The van der Waals surface area contributed by atoms with E-state index in [4.69, 9.17) is 24.5 Å². The average molecular weight is 510 g/mol. The lowest BCUT2D eigenvalue weighted by Gasteiger charge is -2.36. The van der Waals surface area contributed by atoms with Gasteiger partial charge in [-0.25, -0.2) is 9.59 Å². The van der Waals surface area contributed by atoms with Gasteiger partial charge in [0.1, 0.15) is 5.75 Å². The maximum absolute atomic E-state index is 12.6. The number of carbonyl (C=O) groups is 4. The van der Waals surface area contributed by atoms with Crippen LogP contribution in [0.4, 0.5) is 5.69 Å². The maximum atomic E-state index is 12.6. The number of piperazine rings is 1. The standard InChI is InChI=1S/C25H29N3O3.C2H2O4/c1-31-23-12-6-5-11-22(23)27-17-15-26(16-18-27)13-7-8-14-28-24(29)19-21(25(28)30)20-9-3-2-4-10-20;3-1(4)2(5)6/h2-6,9-12,19H,7-8,13-18H2,1H3;(H,3,4)(H,5,6). The van der Waals surface area contributed by atoms with Crippen molar-refractivity contribution in [3.05, 3.63) is 66.2 Å². The molecule has 0 atom stereocenters. The Morgan fingerprint density at radius 1 is 0.838 bits per heavy atom. The van der Waals surface area contributed by atoms with E-state index in [1.54, 1.807) is 7.11 Å². The van der Waals surface area contributed by atoms with E-state index in [2.05, 4.69) is 15.9 Å². The summed E-state index contributed by atoms with van der Waals surface area (Å²) in [6.07, 6.45) is 3.25. The van der Waals surface area contributed by atoms with E-state index < -0.39 is 11.9 Å². The molecule has 2 aliphatic rings. The predicted octanol–water partition coefficient (Wildman–Crippen LogP) is 2.21. The van der Waals surface area contributed by atoms with Crippen molar-refractivity contribution in [3.8, 4) is 5.75 Å². The van der Waals surface area contributed by atoms with Crippen molar-refractivity contribution in [3.63, 3.8) is 0 Å². The highest BCUT2D eigenvalue weighted by atomic mass is 16.5. The Hall–Kier alpha value is -4.18. The summed E-state index contributed by atoms with van der Waals surface area (Å²) in [5.74, 6) is -3.11. The zero-order chi connectivity index (χ0) is 26.8. The lowest BCUT2D eigenvalue weighted by molar-refractivity contribution is -0.159. The van der Waals surface area contributed by atoms with E-state index >= 15 is 0 Å². The molecule has 0 unspecified atom stereocenters. The highest BCUT2D eigenvalue weighted by molar-refractivity contribution is 6.33. The summed E-state index contributed by atoms with van der Waals surface area (Å²) in [7, 11) is 1.71. The van der Waals surface area contributed by atoms with Crippen molar-refractivity contribution in [2.24, 2.45) is 0 Å². The van der Waals surface area contributed by atoms with Crippen LogP contribution < -0.4 is 9.64 Å². The fourth-order valence-corrected chi connectivity index (χ4v) is 4.25. The maximum Gasteiger partial charge on any atom is 0.414 e. The summed E-state index contributed by atoms with van der Waals surface area (Å²) in [6.45, 7) is 5.39. The van der Waals surface area contributed by atoms with Crippen LogP contribution in [0.2, 0.25) is 0 Å². The first kappa shape index (κ1) is 27.4. The van der Waals surface area contributed by atoms with Crippen molar-refractivity contribution in [2.45, 2.75) is 12.8 Å². The van der Waals surface area contributed by atoms with Crippen molar-refractivity contribution >= 4 is 35.0 Å². The highest BCUT2D eigenvalue weighted by Gasteiger charge is 2.31. The monoisotopic (exact) mass is 509 g/mol. The number of para-hydroxylation sites is 2. The summed E-state index contributed by atoms with van der Waals surface area (Å²) in [5.41, 5.74) is 2.45. The molecular weight excluding hydrogens is 478 g/mol. The molecule has 2 heterocycles. The smallest absolute Gasteiger partial charge is 0.414 e. The van der Waals surface area contributed by atoms with Crippen molar-refractivity contribution < 1.29 is 34.1 Å². The number of ether oxygens (including phenoxy) is 1. The van der Waals surface area contributed by atoms with Crippen LogP contribution in [0.5, 0.6) is 5.75 Å². The highest BCUT2D eigenvalue weighted by Crippen LogP contribution is 2.28. The van der Waals surface area contributed by atoms with Gasteiger partial charge in [-0.3, -0.25) is 19.4 Å². The third-order valence-electron chi connectivity index (χ3n) is 6.18. The van der Waals surface area contributed by atoms with Gasteiger partial charge in [0.25, 0.3) is 11.8 Å². The predicted molar refractivity (Wildman–Crippen MR) is 137 cm³/mol. The molecule has 1 fully saturated rings. The normalized spacial score (nSPS) is 15.6. The van der Waals surface area contributed by atoms with Crippen molar-refractivity contribution in [1.29, 1.82) is 0 Å². The van der Waals surface area contributed by atoms with Gasteiger partial charge < -0.3 is 19.8 Å². The molecule has 4 rings (SSSR count). The minimum absolute atomic E-state index is 0.179. The van der Waals surface area contributed by atoms with Crippen LogP contribution in [0.15, 0.2) is 60.7 Å². The summed E-state index contributed by atoms with van der Waals surface area (Å²) < 4.78 is 5.49. The summed E-state index contributed by atoms with van der Waals surface area (Å²) in [5, 5.41) is 14.8. The number of carboxylic acid groups (broad SMARTS) is 2. The number of carboxylic acids is 2. The van der Waals surface area contributed by atoms with Gasteiger partial charge in [-0.2, -0.15) is 0 Å². The van der Waals surface area contributed by atoms with E-state index in [9.17, 15) is 9.59 Å². The van der Waals surface area contributed by atoms with Gasteiger partial charge in [-0.15, -0.1) is 0 Å². The second-order valence-corrected chi connectivity index (χ2v) is 8.54. The third kappa shape index (κ3) is 7.40. The number of carbonyl (C=O) groups excluding carboxylic acids is 2. The average Bonchev–Trinajstić information content (AvgIpc) is 3.20. The molecule has 2 aliphatic heterocycles. The molecule has 2 amide bonds. The number of unbranched alkanes of at least 4 members (excludes halogenated alkanes) is 1. The number of rotatable bonds is 8. The molecule has 0 aliphatic carbocycles. The second-order valence-electron chi connectivity index (χ2n) is 8.54. The van der Waals surface area contributed by atoms with E-state index in [1.807, 2.05) is 48.5 Å². The van der Waals surface area contributed by atoms with Gasteiger partial charge in [-0.1, -0.05) is 42.5 Å². The molecule has 2 N–H and O–H groups in total. The number of amides is 2. The summed E-state index contributed by atoms with van der Waals surface area (Å²) in [6, 6.07) is 17.5.